The molecule has 0 heterocycles. The van der Waals surface area contributed by atoms with Gasteiger partial charge in [-0.1, -0.05) is 33.1 Å². The Bertz CT molecular complexity index is 486. The molecular weight excluding hydrogens is 284 g/mol. The number of hydrogen-bond acceptors (Lipinski definition) is 2. The molecule has 4 saturated carbocycles. The Morgan fingerprint density at radius 3 is 2.48 bits per heavy atom. The van der Waals surface area contributed by atoms with Crippen molar-refractivity contribution in [1.29, 1.82) is 0 Å². The van der Waals surface area contributed by atoms with Crippen molar-refractivity contribution >= 4 is 5.97 Å². The Balaban J connectivity index is 1.68. The monoisotopic (exact) mass is 318 g/mol. The molecule has 23 heavy (non-hydrogen) atoms. The zero-order chi connectivity index (χ0) is 16.2. The molecule has 0 aromatic heterocycles. The van der Waals surface area contributed by atoms with E-state index in [4.69, 9.17) is 4.74 Å². The number of hydrogen-bond donors (Lipinski definition) is 0. The second kappa shape index (κ2) is 5.49. The second-order valence-corrected chi connectivity index (χ2v) is 9.63. The van der Waals surface area contributed by atoms with Gasteiger partial charge < -0.3 is 4.74 Å². The molecule has 7 atom stereocenters. The predicted molar refractivity (Wildman–Crippen MR) is 91.9 cm³/mol. The first-order valence-electron chi connectivity index (χ1n) is 10.1. The highest BCUT2D eigenvalue weighted by atomic mass is 16.5. The molecule has 0 N–H and O–H groups in total. The summed E-state index contributed by atoms with van der Waals surface area (Å²) in [7, 11) is 0. The summed E-state index contributed by atoms with van der Waals surface area (Å²) in [6.07, 6.45) is 13.9. The van der Waals surface area contributed by atoms with Gasteiger partial charge in [-0.25, -0.2) is 0 Å². The molecule has 4 aliphatic rings. The molecule has 0 saturated heterocycles. The number of fused-ring (bicyclic) bond motifs is 5. The fraction of sp³-hybridized carbons (Fsp3) is 0.952. The summed E-state index contributed by atoms with van der Waals surface area (Å²) in [6, 6.07) is 0. The summed E-state index contributed by atoms with van der Waals surface area (Å²) in [6.45, 7) is 6.63. The van der Waals surface area contributed by atoms with Crippen molar-refractivity contribution in [2.75, 3.05) is 0 Å². The van der Waals surface area contributed by atoms with Crippen LogP contribution in [0.1, 0.15) is 85.0 Å². The number of ether oxygens (including phenoxy) is 1. The summed E-state index contributed by atoms with van der Waals surface area (Å²) in [5.41, 5.74) is 0.772. The van der Waals surface area contributed by atoms with Crippen molar-refractivity contribution in [2.45, 2.75) is 91.1 Å². The van der Waals surface area contributed by atoms with E-state index in [0.717, 1.165) is 30.1 Å². The Morgan fingerprint density at radius 1 is 0.913 bits per heavy atom. The van der Waals surface area contributed by atoms with E-state index >= 15 is 0 Å². The fourth-order valence-corrected chi connectivity index (χ4v) is 7.61. The third kappa shape index (κ3) is 2.30. The lowest BCUT2D eigenvalue weighted by atomic mass is 9.45. The van der Waals surface area contributed by atoms with Crippen LogP contribution in [0, 0.1) is 34.5 Å². The molecule has 2 nitrogen and oxygen atoms in total. The number of carbonyl (C=O) groups is 1. The van der Waals surface area contributed by atoms with E-state index in [1.807, 2.05) is 0 Å². The van der Waals surface area contributed by atoms with Gasteiger partial charge in [0.1, 0.15) is 6.10 Å². The van der Waals surface area contributed by atoms with Crippen LogP contribution in [0.5, 0.6) is 0 Å². The van der Waals surface area contributed by atoms with E-state index in [0.29, 0.717) is 5.41 Å². The number of carbonyl (C=O) groups excluding carboxylic acids is 1. The first kappa shape index (κ1) is 16.0. The second-order valence-electron chi connectivity index (χ2n) is 9.63. The molecule has 4 aliphatic carbocycles. The van der Waals surface area contributed by atoms with Gasteiger partial charge in [0, 0.05) is 12.3 Å². The molecule has 4 rings (SSSR count). The van der Waals surface area contributed by atoms with Gasteiger partial charge in [0.25, 0.3) is 0 Å². The zero-order valence-electron chi connectivity index (χ0n) is 15.3. The van der Waals surface area contributed by atoms with Gasteiger partial charge in [-0.2, -0.15) is 0 Å². The molecule has 0 radical (unpaired) electrons. The number of rotatable bonds is 1. The van der Waals surface area contributed by atoms with Crippen LogP contribution in [-0.2, 0) is 9.53 Å². The largest absolute Gasteiger partial charge is 0.462 e. The smallest absolute Gasteiger partial charge is 0.302 e. The Morgan fingerprint density at radius 2 is 1.70 bits per heavy atom. The van der Waals surface area contributed by atoms with Crippen molar-refractivity contribution in [3.63, 3.8) is 0 Å². The highest BCUT2D eigenvalue weighted by Gasteiger charge is 2.61. The molecule has 0 amide bonds. The van der Waals surface area contributed by atoms with Crippen LogP contribution in [0.2, 0.25) is 0 Å². The highest BCUT2D eigenvalue weighted by molar-refractivity contribution is 5.66. The maximum atomic E-state index is 11.7. The molecule has 0 aliphatic heterocycles. The van der Waals surface area contributed by atoms with Crippen LogP contribution in [0.25, 0.3) is 0 Å². The van der Waals surface area contributed by atoms with Gasteiger partial charge >= 0.3 is 5.97 Å². The summed E-state index contributed by atoms with van der Waals surface area (Å²) in [5.74, 6) is 3.35. The standard InChI is InChI=1S/C21H34O2/c1-14(22)23-19-13-18-16(17-8-6-12-21(17,19)3)10-9-15-7-4-5-11-20(15,18)2/h15-19H,4-13H2,1-3H3/t15-,16+,17+,18+,19-,20+,21-/m1/s1. The third-order valence-electron chi connectivity index (χ3n) is 8.77. The molecular formula is C21H34O2. The number of esters is 1. The van der Waals surface area contributed by atoms with E-state index in [2.05, 4.69) is 13.8 Å². The van der Waals surface area contributed by atoms with Gasteiger partial charge in [-0.05, 0) is 74.0 Å². The topological polar surface area (TPSA) is 26.3 Å². The van der Waals surface area contributed by atoms with Crippen LogP contribution >= 0.6 is 0 Å². The van der Waals surface area contributed by atoms with Gasteiger partial charge in [0.15, 0.2) is 0 Å². The van der Waals surface area contributed by atoms with Gasteiger partial charge in [-0.15, -0.1) is 0 Å². The van der Waals surface area contributed by atoms with E-state index in [-0.39, 0.29) is 17.5 Å². The molecule has 0 bridgehead atoms. The summed E-state index contributed by atoms with van der Waals surface area (Å²) in [4.78, 5) is 11.7. The van der Waals surface area contributed by atoms with Crippen LogP contribution in [-0.4, -0.2) is 12.1 Å². The van der Waals surface area contributed by atoms with Crippen molar-refractivity contribution in [3.8, 4) is 0 Å². The third-order valence-corrected chi connectivity index (χ3v) is 8.77. The molecule has 0 aromatic carbocycles. The highest BCUT2D eigenvalue weighted by Crippen LogP contribution is 2.66. The lowest BCUT2D eigenvalue weighted by molar-refractivity contribution is -0.183. The summed E-state index contributed by atoms with van der Waals surface area (Å²) >= 11 is 0. The molecule has 0 unspecified atom stereocenters. The maximum absolute atomic E-state index is 11.7. The average Bonchev–Trinajstić information content (AvgIpc) is 2.90. The Hall–Kier alpha value is -0.530. The first-order valence-corrected chi connectivity index (χ1v) is 10.1. The molecule has 2 heteroatoms. The summed E-state index contributed by atoms with van der Waals surface area (Å²) < 4.78 is 5.94. The fourth-order valence-electron chi connectivity index (χ4n) is 7.61. The van der Waals surface area contributed by atoms with Gasteiger partial charge in [-0.3, -0.25) is 4.79 Å². The van der Waals surface area contributed by atoms with Crippen LogP contribution in [0.15, 0.2) is 0 Å². The van der Waals surface area contributed by atoms with Gasteiger partial charge in [0.05, 0.1) is 0 Å². The minimum Gasteiger partial charge on any atom is -0.462 e. The predicted octanol–water partition coefficient (Wildman–Crippen LogP) is 5.35. The SMILES string of the molecule is CC(=O)O[C@@H]1C[C@H]2[C@@H](CC[C@H]3CCCC[C@@]32C)[C@@H]2CCC[C@@]12C. The molecule has 0 aromatic rings. The van der Waals surface area contributed by atoms with Gasteiger partial charge in [0.2, 0.25) is 0 Å². The van der Waals surface area contributed by atoms with Crippen molar-refractivity contribution in [1.82, 2.24) is 0 Å². The van der Waals surface area contributed by atoms with E-state index in [1.54, 1.807) is 6.92 Å². The normalized spacial score (nSPS) is 52.2. The molecule has 4 fully saturated rings. The Kier molecular flexibility index (Phi) is 3.81. The summed E-state index contributed by atoms with van der Waals surface area (Å²) in [5, 5.41) is 0. The Labute approximate surface area is 141 Å². The van der Waals surface area contributed by atoms with Crippen LogP contribution in [0.3, 0.4) is 0 Å². The van der Waals surface area contributed by atoms with Crippen molar-refractivity contribution in [3.05, 3.63) is 0 Å². The minimum absolute atomic E-state index is 0.0681. The van der Waals surface area contributed by atoms with Crippen LogP contribution in [0.4, 0.5) is 0 Å². The quantitative estimate of drug-likeness (QED) is 0.609. The van der Waals surface area contributed by atoms with Crippen molar-refractivity contribution < 1.29 is 9.53 Å². The zero-order valence-corrected chi connectivity index (χ0v) is 15.3. The van der Waals surface area contributed by atoms with E-state index in [9.17, 15) is 4.79 Å². The van der Waals surface area contributed by atoms with E-state index in [1.165, 1.54) is 57.8 Å². The average molecular weight is 319 g/mol. The lowest BCUT2D eigenvalue weighted by Crippen LogP contribution is -2.57. The van der Waals surface area contributed by atoms with Crippen LogP contribution < -0.4 is 0 Å². The van der Waals surface area contributed by atoms with Crippen molar-refractivity contribution in [2.24, 2.45) is 34.5 Å². The minimum atomic E-state index is -0.0681. The molecule has 0 spiro atoms. The lowest BCUT2D eigenvalue weighted by Gasteiger charge is -2.61. The molecule has 130 valence electrons. The maximum Gasteiger partial charge on any atom is 0.302 e. The van der Waals surface area contributed by atoms with E-state index < -0.39 is 0 Å². The first-order chi connectivity index (χ1) is 10.9.